The third-order valence-corrected chi connectivity index (χ3v) is 10.8. The highest BCUT2D eigenvalue weighted by molar-refractivity contribution is 5.94. The smallest absolute Gasteiger partial charge is 0.327 e. The van der Waals surface area contributed by atoms with Gasteiger partial charge in [0.15, 0.2) is 11.8 Å². The van der Waals surface area contributed by atoms with Crippen molar-refractivity contribution in [2.24, 2.45) is 17.3 Å². The number of esters is 2. The summed E-state index contributed by atoms with van der Waals surface area (Å²) in [5.74, 6) is -1.87. The first-order chi connectivity index (χ1) is 23.7. The Morgan fingerprint density at radius 3 is 2.34 bits per heavy atom. The molecule has 3 aliphatic carbocycles. The lowest BCUT2D eigenvalue weighted by atomic mass is 9.62. The Balaban J connectivity index is 1.16. The molecule has 1 aromatic rings. The molecule has 6 fully saturated rings. The summed E-state index contributed by atoms with van der Waals surface area (Å²) < 4.78 is 25.2. The van der Waals surface area contributed by atoms with Crippen LogP contribution < -0.4 is 5.32 Å². The zero-order chi connectivity index (χ0) is 35.6. The molecule has 3 aliphatic heterocycles. The van der Waals surface area contributed by atoms with E-state index in [2.05, 4.69) is 5.32 Å². The largest absolute Gasteiger partial charge is 0.460 e. The summed E-state index contributed by atoms with van der Waals surface area (Å²) in [6.45, 7) is 5.11. The van der Waals surface area contributed by atoms with E-state index < -0.39 is 77.8 Å². The van der Waals surface area contributed by atoms with E-state index in [1.165, 1.54) is 16.0 Å². The Morgan fingerprint density at radius 2 is 1.74 bits per heavy atom. The minimum atomic E-state index is -1.40. The second kappa shape index (κ2) is 13.0. The molecule has 50 heavy (non-hydrogen) atoms. The molecule has 2 bridgehead atoms. The average molecular weight is 696 g/mol. The number of carbonyl (C=O) groups is 4. The number of amides is 2. The van der Waals surface area contributed by atoms with Gasteiger partial charge >= 0.3 is 11.9 Å². The molecule has 2 N–H and O–H groups in total. The first-order valence-corrected chi connectivity index (χ1v) is 17.9. The van der Waals surface area contributed by atoms with Crippen LogP contribution in [-0.4, -0.2) is 107 Å². The van der Waals surface area contributed by atoms with Gasteiger partial charge in [-0.25, -0.2) is 0 Å². The number of hydroxylamine groups is 2. The van der Waals surface area contributed by atoms with Gasteiger partial charge in [0.05, 0.1) is 19.2 Å². The van der Waals surface area contributed by atoms with Gasteiger partial charge in [-0.1, -0.05) is 24.3 Å². The van der Waals surface area contributed by atoms with Gasteiger partial charge in [-0.3, -0.25) is 24.0 Å². The molecule has 3 saturated heterocycles. The number of nitrogens with zero attached hydrogens (tertiary/aromatic N) is 2. The molecule has 6 aliphatic rings. The van der Waals surface area contributed by atoms with Crippen LogP contribution in [0.1, 0.15) is 76.8 Å². The van der Waals surface area contributed by atoms with Crippen molar-refractivity contribution in [3.05, 3.63) is 41.5 Å². The summed E-state index contributed by atoms with van der Waals surface area (Å²) in [4.78, 5) is 61.3. The van der Waals surface area contributed by atoms with Gasteiger partial charge in [-0.05, 0) is 70.1 Å². The fourth-order valence-electron chi connectivity index (χ4n) is 8.11. The van der Waals surface area contributed by atoms with Gasteiger partial charge in [-0.15, -0.1) is 0 Å². The molecule has 0 unspecified atom stereocenters. The number of nitrogens with one attached hydrogen (secondary N) is 1. The Bertz CT molecular complexity index is 1520. The van der Waals surface area contributed by atoms with Gasteiger partial charge in [-0.2, -0.15) is 5.06 Å². The number of aliphatic hydroxyl groups is 1. The molecule has 0 spiro atoms. The molecule has 7 atom stereocenters. The minimum absolute atomic E-state index is 0.00262. The third kappa shape index (κ3) is 6.47. The standard InChI is InChI=1S/C37H49N3O10/c1-35(2,3)47-28(43)17-15-25(20-41)38-34(45)36-18-26-29-30(49-37(48-29,23-11-12-23)24-13-14-24)32(36)50-40(31(36)33(44)46-26)19-22-8-6-21(7-9-22)10-16-27(42)39(4)5/h6-10,16,23-26,29-32,41H,11-15,17-20H2,1-5H3,(H,38,45)/t25-,26-,29-,30-,31-,32+,36-/m0/s1. The van der Waals surface area contributed by atoms with Crippen LogP contribution >= 0.6 is 0 Å². The van der Waals surface area contributed by atoms with Crippen LogP contribution in [0.15, 0.2) is 30.3 Å². The molecule has 1 aromatic carbocycles. The number of hydrogen-bond donors (Lipinski definition) is 2. The van der Waals surface area contributed by atoms with E-state index >= 15 is 0 Å². The lowest BCUT2D eigenvalue weighted by molar-refractivity contribution is -0.235. The van der Waals surface area contributed by atoms with Crippen LogP contribution in [0.5, 0.6) is 0 Å². The van der Waals surface area contributed by atoms with Gasteiger partial charge in [0.2, 0.25) is 11.8 Å². The summed E-state index contributed by atoms with van der Waals surface area (Å²) in [5.41, 5.74) is -0.414. The predicted molar refractivity (Wildman–Crippen MR) is 177 cm³/mol. The second-order valence-electron chi connectivity index (χ2n) is 15.9. The van der Waals surface area contributed by atoms with Crippen molar-refractivity contribution in [1.29, 1.82) is 0 Å². The minimum Gasteiger partial charge on any atom is -0.460 e. The number of ether oxygens (including phenoxy) is 4. The molecule has 3 heterocycles. The number of fused-ring (bicyclic) bond motifs is 4. The van der Waals surface area contributed by atoms with Crippen LogP contribution in [0, 0.1) is 17.3 Å². The van der Waals surface area contributed by atoms with Crippen molar-refractivity contribution < 1.29 is 48.1 Å². The number of benzene rings is 1. The van der Waals surface area contributed by atoms with Crippen LogP contribution in [0.25, 0.3) is 6.08 Å². The molecule has 13 heteroatoms. The molecule has 272 valence electrons. The Morgan fingerprint density at radius 1 is 1.08 bits per heavy atom. The summed E-state index contributed by atoms with van der Waals surface area (Å²) in [5, 5.41) is 14.8. The normalized spacial score (nSPS) is 32.0. The lowest BCUT2D eigenvalue weighted by Gasteiger charge is -2.49. The molecular weight excluding hydrogens is 646 g/mol. The fourth-order valence-corrected chi connectivity index (χ4v) is 8.11. The van der Waals surface area contributed by atoms with Crippen molar-refractivity contribution in [2.75, 3.05) is 20.7 Å². The van der Waals surface area contributed by atoms with E-state index in [4.69, 9.17) is 23.8 Å². The van der Waals surface area contributed by atoms with Gasteiger partial charge < -0.3 is 34.3 Å². The zero-order valence-electron chi connectivity index (χ0n) is 29.5. The van der Waals surface area contributed by atoms with Crippen LogP contribution in [0.4, 0.5) is 0 Å². The molecule has 2 amide bonds. The fraction of sp³-hybridized carbons (Fsp3) is 0.676. The molecule has 0 aromatic heterocycles. The van der Waals surface area contributed by atoms with Gasteiger partial charge in [0, 0.05) is 44.8 Å². The third-order valence-electron chi connectivity index (χ3n) is 10.8. The van der Waals surface area contributed by atoms with Crippen LogP contribution in [0.3, 0.4) is 0 Å². The maximum Gasteiger partial charge on any atom is 0.327 e. The summed E-state index contributed by atoms with van der Waals surface area (Å²) in [6, 6.07) is 5.66. The van der Waals surface area contributed by atoms with Crippen molar-refractivity contribution in [1.82, 2.24) is 15.3 Å². The molecule has 3 saturated carbocycles. The molecular formula is C37H49N3O10. The lowest BCUT2D eigenvalue weighted by Crippen LogP contribution is -2.70. The van der Waals surface area contributed by atoms with E-state index in [0.29, 0.717) is 0 Å². The predicted octanol–water partition coefficient (Wildman–Crippen LogP) is 2.49. The van der Waals surface area contributed by atoms with Crippen molar-refractivity contribution in [3.8, 4) is 0 Å². The average Bonchev–Trinajstić information content (AvgIpc) is 4.01. The van der Waals surface area contributed by atoms with E-state index in [-0.39, 0.29) is 43.6 Å². The van der Waals surface area contributed by atoms with Crippen molar-refractivity contribution in [3.63, 3.8) is 0 Å². The number of rotatable bonds is 12. The molecule has 7 rings (SSSR count). The maximum absolute atomic E-state index is 14.7. The Kier molecular flexibility index (Phi) is 9.12. The number of carbonyl (C=O) groups excluding carboxylic acids is 4. The summed E-state index contributed by atoms with van der Waals surface area (Å²) in [7, 11) is 3.37. The van der Waals surface area contributed by atoms with Gasteiger partial charge in [0.1, 0.15) is 35.4 Å². The van der Waals surface area contributed by atoms with Crippen molar-refractivity contribution >= 4 is 29.8 Å². The summed E-state index contributed by atoms with van der Waals surface area (Å²) in [6.07, 6.45) is 4.73. The van der Waals surface area contributed by atoms with Crippen LogP contribution in [-0.2, 0) is 49.5 Å². The maximum atomic E-state index is 14.7. The Hall–Kier alpha value is -3.36. The van der Waals surface area contributed by atoms with E-state index in [1.807, 2.05) is 24.3 Å². The van der Waals surface area contributed by atoms with Crippen LogP contribution in [0.2, 0.25) is 0 Å². The number of likely N-dealkylation sites (N-methyl/N-ethyl adjacent to an activating group) is 1. The molecule has 0 radical (unpaired) electrons. The number of aliphatic hydroxyl groups excluding tert-OH is 1. The SMILES string of the molecule is CN(C)C(=O)C=Cc1ccc(CN2O[C@@H]3[C@H]4OC(C5CC5)(C5CC5)O[C@H]4[C@@H]4C[C@]3(C(=O)N[C@H](CO)CCC(=O)OC(C)(C)C)[C@@H]2C(=O)O4)cc1. The van der Waals surface area contributed by atoms with E-state index in [9.17, 15) is 24.3 Å². The first kappa shape index (κ1) is 35.1. The number of hydrogen-bond acceptors (Lipinski definition) is 11. The zero-order valence-corrected chi connectivity index (χ0v) is 29.5. The summed E-state index contributed by atoms with van der Waals surface area (Å²) >= 11 is 0. The monoisotopic (exact) mass is 695 g/mol. The highest BCUT2D eigenvalue weighted by atomic mass is 16.8. The highest BCUT2D eigenvalue weighted by Crippen LogP contribution is 2.63. The van der Waals surface area contributed by atoms with E-state index in [1.54, 1.807) is 40.9 Å². The second-order valence-corrected chi connectivity index (χ2v) is 15.9. The van der Waals surface area contributed by atoms with Crippen molar-refractivity contribution in [2.45, 2.75) is 120 Å². The first-order valence-electron chi connectivity index (χ1n) is 17.9. The van der Waals surface area contributed by atoms with E-state index in [0.717, 1.165) is 36.8 Å². The molecule has 13 nitrogen and oxygen atoms in total. The highest BCUT2D eigenvalue weighted by Gasteiger charge is 2.78. The van der Waals surface area contributed by atoms with Gasteiger partial charge in [0.25, 0.3) is 0 Å². The topological polar surface area (TPSA) is 153 Å². The quantitative estimate of drug-likeness (QED) is 0.245. The Labute approximate surface area is 292 Å².